The summed E-state index contributed by atoms with van der Waals surface area (Å²) in [6, 6.07) is 15.8. The Morgan fingerprint density at radius 3 is 2.10 bits per heavy atom. The molecule has 9 heteroatoms. The van der Waals surface area contributed by atoms with E-state index in [2.05, 4.69) is 5.32 Å². The van der Waals surface area contributed by atoms with Crippen molar-refractivity contribution in [1.82, 2.24) is 10.6 Å². The van der Waals surface area contributed by atoms with E-state index in [-0.39, 0.29) is 6.42 Å². The van der Waals surface area contributed by atoms with Gasteiger partial charge >= 0.3 is 12.1 Å². The number of esters is 1. The quantitative estimate of drug-likeness (QED) is 0.657. The Kier molecular flexibility index (Phi) is 7.76. The van der Waals surface area contributed by atoms with Crippen molar-refractivity contribution in [3.63, 3.8) is 0 Å². The third-order valence-electron chi connectivity index (χ3n) is 3.74. The third-order valence-corrected chi connectivity index (χ3v) is 3.74. The molecule has 0 aliphatic heterocycles. The Bertz CT molecular complexity index is 827. The molecule has 0 radical (unpaired) electrons. The molecule has 2 aromatic carbocycles. The second-order valence-electron chi connectivity index (χ2n) is 6.08. The highest BCUT2D eigenvalue weighted by Gasteiger charge is 2.28. The van der Waals surface area contributed by atoms with Crippen molar-refractivity contribution in [1.29, 1.82) is 0 Å². The molecule has 2 N–H and O–H groups in total. The minimum absolute atomic E-state index is 0.0857. The summed E-state index contributed by atoms with van der Waals surface area (Å²) in [6.07, 6.45) is -4.48. The van der Waals surface area contributed by atoms with E-state index in [1.165, 1.54) is 0 Å². The second kappa shape index (κ2) is 10.3. The summed E-state index contributed by atoms with van der Waals surface area (Å²) >= 11 is 0. The molecule has 2 rings (SSSR count). The van der Waals surface area contributed by atoms with E-state index < -0.39 is 43.2 Å². The molecule has 0 aliphatic rings. The summed E-state index contributed by atoms with van der Waals surface area (Å²) < 4.78 is 41.2. The average Bonchev–Trinajstić information content (AvgIpc) is 2.70. The van der Waals surface area contributed by atoms with Gasteiger partial charge in [-0.05, 0) is 17.7 Å². The number of benzene rings is 2. The molecule has 0 unspecified atom stereocenters. The Hall–Kier alpha value is -3.36. The molecular weight excluding hydrogens is 389 g/mol. The standard InChI is InChI=1S/C20H19F3N2O4/c21-20(22,23)13-24-17(26)12-29-19(28)16(11-14-7-3-1-4-8-14)25-18(27)15-9-5-2-6-10-15/h1-10,16H,11-13H2,(H,24,26)(H,25,27)/t16-/m1/s1. The van der Waals surface area contributed by atoms with Crippen LogP contribution in [-0.2, 0) is 20.7 Å². The number of amides is 2. The fraction of sp³-hybridized carbons (Fsp3) is 0.250. The van der Waals surface area contributed by atoms with E-state index in [1.54, 1.807) is 66.0 Å². The molecule has 2 amide bonds. The van der Waals surface area contributed by atoms with Gasteiger partial charge in [-0.15, -0.1) is 0 Å². The smallest absolute Gasteiger partial charge is 0.405 e. The van der Waals surface area contributed by atoms with E-state index in [1.807, 2.05) is 0 Å². The highest BCUT2D eigenvalue weighted by atomic mass is 19.4. The number of nitrogens with one attached hydrogen (secondary N) is 2. The molecule has 0 spiro atoms. The van der Waals surface area contributed by atoms with Crippen molar-refractivity contribution in [2.75, 3.05) is 13.2 Å². The second-order valence-corrected chi connectivity index (χ2v) is 6.08. The molecule has 6 nitrogen and oxygen atoms in total. The van der Waals surface area contributed by atoms with E-state index in [0.717, 1.165) is 5.56 Å². The van der Waals surface area contributed by atoms with Crippen LogP contribution in [0.3, 0.4) is 0 Å². The van der Waals surface area contributed by atoms with Crippen molar-refractivity contribution in [2.24, 2.45) is 0 Å². The van der Waals surface area contributed by atoms with Crippen molar-refractivity contribution in [3.05, 3.63) is 71.8 Å². The van der Waals surface area contributed by atoms with Crippen LogP contribution in [0.1, 0.15) is 15.9 Å². The zero-order chi connectivity index (χ0) is 21.3. The summed E-state index contributed by atoms with van der Waals surface area (Å²) in [4.78, 5) is 36.2. The third kappa shape index (κ3) is 8.04. The maximum atomic E-state index is 12.4. The number of alkyl halides is 3. The summed E-state index contributed by atoms with van der Waals surface area (Å²) in [6.45, 7) is -2.41. The van der Waals surface area contributed by atoms with Crippen molar-refractivity contribution < 1.29 is 32.3 Å². The number of halogens is 3. The minimum Gasteiger partial charge on any atom is -0.454 e. The number of rotatable bonds is 8. The highest BCUT2D eigenvalue weighted by molar-refractivity contribution is 5.97. The molecule has 1 atom stereocenters. The lowest BCUT2D eigenvalue weighted by Crippen LogP contribution is -2.44. The molecule has 154 valence electrons. The van der Waals surface area contributed by atoms with Crippen LogP contribution in [0.15, 0.2) is 60.7 Å². The zero-order valence-electron chi connectivity index (χ0n) is 15.2. The van der Waals surface area contributed by atoms with Gasteiger partial charge in [-0.25, -0.2) is 4.79 Å². The summed E-state index contributed by atoms with van der Waals surface area (Å²) in [5.41, 5.74) is 1.05. The summed E-state index contributed by atoms with van der Waals surface area (Å²) in [5, 5.41) is 4.14. The molecular formula is C20H19F3N2O4. The molecule has 29 heavy (non-hydrogen) atoms. The molecule has 2 aromatic rings. The molecule has 0 heterocycles. The lowest BCUT2D eigenvalue weighted by atomic mass is 10.1. The van der Waals surface area contributed by atoms with Gasteiger partial charge in [-0.3, -0.25) is 9.59 Å². The Balaban J connectivity index is 2.01. The Morgan fingerprint density at radius 2 is 1.52 bits per heavy atom. The van der Waals surface area contributed by atoms with Gasteiger partial charge in [-0.1, -0.05) is 48.5 Å². The number of ether oxygens (including phenoxy) is 1. The SMILES string of the molecule is O=C(COC(=O)[C@@H](Cc1ccccc1)NC(=O)c1ccccc1)NCC(F)(F)F. The first-order valence-corrected chi connectivity index (χ1v) is 8.64. The molecule has 0 aromatic heterocycles. The van der Waals surface area contributed by atoms with E-state index >= 15 is 0 Å². The van der Waals surface area contributed by atoms with Gasteiger partial charge in [0.1, 0.15) is 12.6 Å². The number of carbonyl (C=O) groups is 3. The van der Waals surface area contributed by atoms with Crippen LogP contribution < -0.4 is 10.6 Å². The predicted octanol–water partition coefficient (Wildman–Crippen LogP) is 2.25. The molecule has 0 fully saturated rings. The fourth-order valence-electron chi connectivity index (χ4n) is 2.36. The first kappa shape index (κ1) is 21.9. The summed E-state index contributed by atoms with van der Waals surface area (Å²) in [5.74, 6) is -2.55. The van der Waals surface area contributed by atoms with Crippen LogP contribution in [0.25, 0.3) is 0 Å². The molecule has 0 saturated carbocycles. The van der Waals surface area contributed by atoms with Crippen molar-refractivity contribution in [2.45, 2.75) is 18.6 Å². The van der Waals surface area contributed by atoms with Gasteiger partial charge in [0.2, 0.25) is 0 Å². The van der Waals surface area contributed by atoms with Crippen molar-refractivity contribution >= 4 is 17.8 Å². The first-order chi connectivity index (χ1) is 13.7. The van der Waals surface area contributed by atoms with Gasteiger partial charge in [0, 0.05) is 12.0 Å². The van der Waals surface area contributed by atoms with Gasteiger partial charge in [0.05, 0.1) is 0 Å². The number of carbonyl (C=O) groups excluding carboxylic acids is 3. The monoisotopic (exact) mass is 408 g/mol. The van der Waals surface area contributed by atoms with Crippen LogP contribution >= 0.6 is 0 Å². The van der Waals surface area contributed by atoms with Crippen LogP contribution in [0.4, 0.5) is 13.2 Å². The number of hydrogen-bond donors (Lipinski definition) is 2. The predicted molar refractivity (Wildman–Crippen MR) is 97.9 cm³/mol. The van der Waals surface area contributed by atoms with Crippen LogP contribution in [0, 0.1) is 0 Å². The van der Waals surface area contributed by atoms with Crippen molar-refractivity contribution in [3.8, 4) is 0 Å². The van der Waals surface area contributed by atoms with Gasteiger partial charge in [0.25, 0.3) is 11.8 Å². The fourth-order valence-corrected chi connectivity index (χ4v) is 2.36. The lowest BCUT2D eigenvalue weighted by Gasteiger charge is -2.18. The van der Waals surface area contributed by atoms with E-state index in [4.69, 9.17) is 4.74 Å². The Labute approximate surface area is 165 Å². The average molecular weight is 408 g/mol. The first-order valence-electron chi connectivity index (χ1n) is 8.64. The maximum Gasteiger partial charge on any atom is 0.405 e. The van der Waals surface area contributed by atoms with Crippen LogP contribution in [0.2, 0.25) is 0 Å². The largest absolute Gasteiger partial charge is 0.454 e. The molecule has 0 saturated heterocycles. The van der Waals surface area contributed by atoms with Gasteiger partial charge < -0.3 is 15.4 Å². The molecule has 0 bridgehead atoms. The minimum atomic E-state index is -4.57. The molecule has 0 aliphatic carbocycles. The Morgan fingerprint density at radius 1 is 0.931 bits per heavy atom. The van der Waals surface area contributed by atoms with E-state index in [0.29, 0.717) is 5.56 Å². The highest BCUT2D eigenvalue weighted by Crippen LogP contribution is 2.12. The van der Waals surface area contributed by atoms with Crippen LogP contribution in [-0.4, -0.2) is 43.2 Å². The van der Waals surface area contributed by atoms with Gasteiger partial charge in [-0.2, -0.15) is 13.2 Å². The normalized spacial score (nSPS) is 12.0. The lowest BCUT2D eigenvalue weighted by molar-refractivity contribution is -0.152. The van der Waals surface area contributed by atoms with Crippen LogP contribution in [0.5, 0.6) is 0 Å². The summed E-state index contributed by atoms with van der Waals surface area (Å²) in [7, 11) is 0. The van der Waals surface area contributed by atoms with Gasteiger partial charge in [0.15, 0.2) is 6.61 Å². The maximum absolute atomic E-state index is 12.4. The van der Waals surface area contributed by atoms with E-state index in [9.17, 15) is 27.6 Å². The number of hydrogen-bond acceptors (Lipinski definition) is 4. The topological polar surface area (TPSA) is 84.5 Å². The zero-order valence-corrected chi connectivity index (χ0v) is 15.2.